The van der Waals surface area contributed by atoms with Crippen LogP contribution in [0.3, 0.4) is 0 Å². The van der Waals surface area contributed by atoms with E-state index in [-0.39, 0.29) is 0 Å². The standard InChI is InChI=1S/C15H20N2O5S/c1-11(2)17(23(20,21)22)14-5-3-4-13(10-14)12-6-8-16(9-7-12)15(18)19/h3-6,10-11H,7-9H2,1-2H3,(H,18,19)(H,20,21,22). The summed E-state index contributed by atoms with van der Waals surface area (Å²) in [4.78, 5) is 12.2. The van der Waals surface area contributed by atoms with Crippen molar-refractivity contribution in [2.24, 2.45) is 0 Å². The van der Waals surface area contributed by atoms with Gasteiger partial charge in [-0.25, -0.2) is 9.10 Å². The van der Waals surface area contributed by atoms with Crippen LogP contribution in [0.5, 0.6) is 0 Å². The molecule has 0 unspecified atom stereocenters. The lowest BCUT2D eigenvalue weighted by Gasteiger charge is -2.27. The molecule has 0 radical (unpaired) electrons. The minimum Gasteiger partial charge on any atom is -0.465 e. The maximum absolute atomic E-state index is 11.6. The summed E-state index contributed by atoms with van der Waals surface area (Å²) >= 11 is 0. The summed E-state index contributed by atoms with van der Waals surface area (Å²) in [6.45, 7) is 4.05. The van der Waals surface area contributed by atoms with Crippen molar-refractivity contribution in [2.75, 3.05) is 17.4 Å². The zero-order valence-electron chi connectivity index (χ0n) is 13.0. The fourth-order valence-electron chi connectivity index (χ4n) is 2.65. The molecule has 1 aromatic rings. The van der Waals surface area contributed by atoms with Crippen molar-refractivity contribution in [1.29, 1.82) is 0 Å². The van der Waals surface area contributed by atoms with Crippen LogP contribution in [0.4, 0.5) is 10.5 Å². The summed E-state index contributed by atoms with van der Waals surface area (Å²) in [6.07, 6.45) is 1.43. The number of rotatable bonds is 4. The molecule has 1 heterocycles. The van der Waals surface area contributed by atoms with Crippen LogP contribution in [-0.4, -0.2) is 48.2 Å². The maximum atomic E-state index is 11.6. The van der Waals surface area contributed by atoms with E-state index in [0.29, 0.717) is 25.2 Å². The highest BCUT2D eigenvalue weighted by Gasteiger charge is 2.24. The highest BCUT2D eigenvalue weighted by atomic mass is 32.2. The molecule has 1 aromatic carbocycles. The fraction of sp³-hybridized carbons (Fsp3) is 0.400. The van der Waals surface area contributed by atoms with Crippen LogP contribution in [0.1, 0.15) is 25.8 Å². The highest BCUT2D eigenvalue weighted by molar-refractivity contribution is 7.87. The van der Waals surface area contributed by atoms with Crippen LogP contribution in [0, 0.1) is 0 Å². The Kier molecular flexibility index (Phi) is 4.96. The monoisotopic (exact) mass is 340 g/mol. The molecule has 23 heavy (non-hydrogen) atoms. The van der Waals surface area contributed by atoms with E-state index in [0.717, 1.165) is 15.4 Å². The van der Waals surface area contributed by atoms with Gasteiger partial charge in [-0.2, -0.15) is 8.42 Å². The first kappa shape index (κ1) is 17.3. The molecule has 2 N–H and O–H groups in total. The molecule has 0 fully saturated rings. The Morgan fingerprint density at radius 3 is 2.52 bits per heavy atom. The van der Waals surface area contributed by atoms with E-state index in [1.165, 1.54) is 4.90 Å². The number of hydrogen-bond acceptors (Lipinski definition) is 3. The number of nitrogens with zero attached hydrogens (tertiary/aromatic N) is 2. The second-order valence-corrected chi connectivity index (χ2v) is 6.91. The summed E-state index contributed by atoms with van der Waals surface area (Å²) in [5.74, 6) is 0. The molecule has 0 saturated heterocycles. The first-order chi connectivity index (χ1) is 10.7. The Balaban J connectivity index is 2.32. The van der Waals surface area contributed by atoms with Gasteiger partial charge in [-0.1, -0.05) is 18.2 Å². The Morgan fingerprint density at radius 1 is 1.35 bits per heavy atom. The number of anilines is 1. The average molecular weight is 340 g/mol. The van der Waals surface area contributed by atoms with Crippen molar-refractivity contribution < 1.29 is 22.9 Å². The zero-order chi connectivity index (χ0) is 17.2. The second-order valence-electron chi connectivity index (χ2n) is 5.63. The molecule has 0 spiro atoms. The Labute approximate surface area is 135 Å². The topological polar surface area (TPSA) is 98.2 Å². The van der Waals surface area contributed by atoms with Gasteiger partial charge in [-0.3, -0.25) is 4.55 Å². The summed E-state index contributed by atoms with van der Waals surface area (Å²) in [6, 6.07) is 6.44. The lowest BCUT2D eigenvalue weighted by atomic mass is 9.99. The van der Waals surface area contributed by atoms with Crippen molar-refractivity contribution in [3.8, 4) is 0 Å². The fourth-order valence-corrected chi connectivity index (χ4v) is 3.56. The number of benzene rings is 1. The van der Waals surface area contributed by atoms with Crippen LogP contribution in [0.25, 0.3) is 5.57 Å². The number of carboxylic acid groups (broad SMARTS) is 1. The first-order valence-electron chi connectivity index (χ1n) is 7.24. The maximum Gasteiger partial charge on any atom is 0.407 e. The normalized spacial score (nSPS) is 15.5. The predicted molar refractivity (Wildman–Crippen MR) is 87.8 cm³/mol. The van der Waals surface area contributed by atoms with Gasteiger partial charge in [0.15, 0.2) is 0 Å². The molecular weight excluding hydrogens is 320 g/mol. The molecule has 1 amide bonds. The van der Waals surface area contributed by atoms with E-state index in [1.807, 2.05) is 12.1 Å². The van der Waals surface area contributed by atoms with Crippen molar-refractivity contribution >= 4 is 27.7 Å². The molecule has 1 aliphatic heterocycles. The molecule has 0 aliphatic carbocycles. The third-order valence-corrected chi connectivity index (χ3v) is 4.80. The van der Waals surface area contributed by atoms with Gasteiger partial charge < -0.3 is 10.0 Å². The van der Waals surface area contributed by atoms with Gasteiger partial charge in [0, 0.05) is 19.1 Å². The molecule has 7 nitrogen and oxygen atoms in total. The molecule has 8 heteroatoms. The average Bonchev–Trinajstić information content (AvgIpc) is 2.46. The van der Waals surface area contributed by atoms with E-state index in [4.69, 9.17) is 5.11 Å². The van der Waals surface area contributed by atoms with E-state index < -0.39 is 22.4 Å². The van der Waals surface area contributed by atoms with E-state index in [9.17, 15) is 17.8 Å². The molecule has 126 valence electrons. The zero-order valence-corrected chi connectivity index (χ0v) is 13.8. The molecule has 2 rings (SSSR count). The van der Waals surface area contributed by atoms with Crippen LogP contribution in [-0.2, 0) is 10.3 Å². The predicted octanol–water partition coefficient (Wildman–Crippen LogP) is 2.47. The van der Waals surface area contributed by atoms with Crippen molar-refractivity contribution in [3.05, 3.63) is 35.9 Å². The molecule has 0 atom stereocenters. The molecular formula is C15H20N2O5S. The van der Waals surface area contributed by atoms with Crippen molar-refractivity contribution in [1.82, 2.24) is 4.90 Å². The third-order valence-electron chi connectivity index (χ3n) is 3.67. The van der Waals surface area contributed by atoms with Crippen molar-refractivity contribution in [3.63, 3.8) is 0 Å². The minimum atomic E-state index is -4.36. The molecule has 0 aromatic heterocycles. The Hall–Kier alpha value is -2.06. The lowest BCUT2D eigenvalue weighted by Crippen LogP contribution is -2.36. The summed E-state index contributed by atoms with van der Waals surface area (Å²) in [5, 5.41) is 8.96. The number of amides is 1. The summed E-state index contributed by atoms with van der Waals surface area (Å²) in [5.41, 5.74) is 2.16. The van der Waals surface area contributed by atoms with Gasteiger partial charge in [0.2, 0.25) is 0 Å². The van der Waals surface area contributed by atoms with Crippen LogP contribution >= 0.6 is 0 Å². The van der Waals surface area contributed by atoms with Crippen LogP contribution in [0.2, 0.25) is 0 Å². The smallest absolute Gasteiger partial charge is 0.407 e. The molecule has 1 aliphatic rings. The largest absolute Gasteiger partial charge is 0.465 e. The highest BCUT2D eigenvalue weighted by Crippen LogP contribution is 2.28. The van der Waals surface area contributed by atoms with E-state index in [1.54, 1.807) is 32.0 Å². The second kappa shape index (κ2) is 6.59. The number of carbonyl (C=O) groups is 1. The van der Waals surface area contributed by atoms with Crippen LogP contribution in [0.15, 0.2) is 30.3 Å². The van der Waals surface area contributed by atoms with Gasteiger partial charge in [0.05, 0.1) is 5.69 Å². The van der Waals surface area contributed by atoms with E-state index >= 15 is 0 Å². The van der Waals surface area contributed by atoms with Gasteiger partial charge >= 0.3 is 16.4 Å². The quantitative estimate of drug-likeness (QED) is 0.821. The van der Waals surface area contributed by atoms with Crippen LogP contribution < -0.4 is 4.31 Å². The Bertz CT molecular complexity index is 727. The molecule has 0 bridgehead atoms. The molecule has 0 saturated carbocycles. The van der Waals surface area contributed by atoms with E-state index in [2.05, 4.69) is 0 Å². The minimum absolute atomic E-state index is 0.307. The van der Waals surface area contributed by atoms with Gasteiger partial charge in [0.25, 0.3) is 0 Å². The number of hydrogen-bond donors (Lipinski definition) is 2. The van der Waals surface area contributed by atoms with Gasteiger partial charge in [-0.05, 0) is 43.5 Å². The lowest BCUT2D eigenvalue weighted by molar-refractivity contribution is 0.150. The Morgan fingerprint density at radius 2 is 2.04 bits per heavy atom. The first-order valence-corrected chi connectivity index (χ1v) is 8.64. The van der Waals surface area contributed by atoms with Gasteiger partial charge in [-0.15, -0.1) is 0 Å². The third kappa shape index (κ3) is 4.02. The SMILES string of the molecule is CC(C)N(c1cccc(C2=CCN(C(=O)O)CC2)c1)S(=O)(=O)O. The van der Waals surface area contributed by atoms with Gasteiger partial charge in [0.1, 0.15) is 0 Å². The van der Waals surface area contributed by atoms with Crippen molar-refractivity contribution in [2.45, 2.75) is 26.3 Å². The summed E-state index contributed by atoms with van der Waals surface area (Å²) in [7, 11) is -4.36. The summed E-state index contributed by atoms with van der Waals surface area (Å²) < 4.78 is 33.5.